The van der Waals surface area contributed by atoms with Gasteiger partial charge in [-0.3, -0.25) is 4.79 Å². The summed E-state index contributed by atoms with van der Waals surface area (Å²) in [6.07, 6.45) is 4.66. The van der Waals surface area contributed by atoms with Crippen LogP contribution in [0.15, 0.2) is 10.9 Å². The van der Waals surface area contributed by atoms with Crippen LogP contribution in [0.25, 0.3) is 0 Å². The molecule has 1 N–H and O–H groups in total. The molecule has 0 amide bonds. The van der Waals surface area contributed by atoms with Crippen LogP contribution in [0.2, 0.25) is 0 Å². The predicted octanol–water partition coefficient (Wildman–Crippen LogP) is 0.697. The van der Waals surface area contributed by atoms with Crippen LogP contribution in [-0.4, -0.2) is 40.9 Å². The molecule has 1 saturated heterocycles. The first-order chi connectivity index (χ1) is 8.83. The second-order valence-corrected chi connectivity index (χ2v) is 5.15. The van der Waals surface area contributed by atoms with Gasteiger partial charge in [0.15, 0.2) is 0 Å². The fourth-order valence-electron chi connectivity index (χ4n) is 2.75. The lowest BCUT2D eigenvalue weighted by Crippen LogP contribution is -2.32. The van der Waals surface area contributed by atoms with Crippen molar-refractivity contribution in [3.8, 4) is 0 Å². The quantitative estimate of drug-likeness (QED) is 0.855. The zero-order valence-corrected chi connectivity index (χ0v) is 10.7. The van der Waals surface area contributed by atoms with Gasteiger partial charge in [-0.05, 0) is 38.8 Å². The van der Waals surface area contributed by atoms with Gasteiger partial charge in [0, 0.05) is 19.2 Å². The molecule has 18 heavy (non-hydrogen) atoms. The van der Waals surface area contributed by atoms with Gasteiger partial charge >= 0.3 is 0 Å². The van der Waals surface area contributed by atoms with Gasteiger partial charge in [0.05, 0.1) is 17.9 Å². The second kappa shape index (κ2) is 5.10. The first-order valence-corrected chi connectivity index (χ1v) is 6.90. The minimum Gasteiger partial charge on any atom is -0.383 e. The van der Waals surface area contributed by atoms with E-state index in [0.29, 0.717) is 6.54 Å². The molecule has 0 aliphatic carbocycles. The van der Waals surface area contributed by atoms with Gasteiger partial charge in [-0.25, -0.2) is 4.68 Å². The van der Waals surface area contributed by atoms with Gasteiger partial charge in [-0.1, -0.05) is 0 Å². The largest absolute Gasteiger partial charge is 0.383 e. The number of nitrogens with zero attached hydrogens (tertiary/aromatic N) is 3. The molecule has 2 aliphatic heterocycles. The Bertz CT molecular complexity index is 476. The summed E-state index contributed by atoms with van der Waals surface area (Å²) in [5.41, 5.74) is 1.99. The van der Waals surface area contributed by atoms with Crippen LogP contribution < -0.4 is 10.9 Å². The van der Waals surface area contributed by atoms with Crippen molar-refractivity contribution in [3.63, 3.8) is 0 Å². The van der Waals surface area contributed by atoms with Gasteiger partial charge in [0.25, 0.3) is 5.56 Å². The third kappa shape index (κ3) is 2.41. The maximum atomic E-state index is 11.9. The number of aromatic nitrogens is 2. The second-order valence-electron chi connectivity index (χ2n) is 5.15. The van der Waals surface area contributed by atoms with E-state index in [-0.39, 0.29) is 5.56 Å². The van der Waals surface area contributed by atoms with Crippen LogP contribution in [0.1, 0.15) is 25.0 Å². The number of hydrogen-bond acceptors (Lipinski definition) is 4. The molecule has 3 rings (SSSR count). The van der Waals surface area contributed by atoms with Gasteiger partial charge in [-0.15, -0.1) is 0 Å². The molecule has 0 unspecified atom stereocenters. The topological polar surface area (TPSA) is 50.2 Å². The Morgan fingerprint density at radius 1 is 1.22 bits per heavy atom. The molecule has 0 saturated carbocycles. The Labute approximate surface area is 107 Å². The van der Waals surface area contributed by atoms with E-state index < -0.39 is 0 Å². The molecule has 0 spiro atoms. The van der Waals surface area contributed by atoms with Crippen molar-refractivity contribution in [1.29, 1.82) is 0 Å². The Balaban J connectivity index is 1.72. The lowest BCUT2D eigenvalue weighted by atomic mass is 10.1. The summed E-state index contributed by atoms with van der Waals surface area (Å²) in [6.45, 7) is 4.94. The van der Waals surface area contributed by atoms with Gasteiger partial charge in [0.2, 0.25) is 0 Å². The molecular formula is C13H20N4O. The van der Waals surface area contributed by atoms with Crippen LogP contribution in [0.3, 0.4) is 0 Å². The molecule has 0 atom stereocenters. The molecule has 3 heterocycles. The van der Waals surface area contributed by atoms with E-state index in [1.165, 1.54) is 25.9 Å². The minimum absolute atomic E-state index is 0.0161. The van der Waals surface area contributed by atoms with E-state index in [0.717, 1.165) is 37.3 Å². The van der Waals surface area contributed by atoms with Crippen molar-refractivity contribution < 1.29 is 0 Å². The van der Waals surface area contributed by atoms with Crippen molar-refractivity contribution in [2.24, 2.45) is 0 Å². The number of hydrogen-bond donors (Lipinski definition) is 1. The number of nitrogens with one attached hydrogen (secondary N) is 1. The molecule has 0 radical (unpaired) electrons. The number of fused-ring (bicyclic) bond motifs is 1. The number of likely N-dealkylation sites (tertiary alicyclic amines) is 1. The fraction of sp³-hybridized carbons (Fsp3) is 0.692. The maximum Gasteiger partial charge on any atom is 0.268 e. The lowest BCUT2D eigenvalue weighted by Gasteiger charge is -2.19. The normalized spacial score (nSPS) is 19.6. The molecule has 0 aromatic carbocycles. The Morgan fingerprint density at radius 3 is 2.89 bits per heavy atom. The molecule has 1 fully saturated rings. The molecule has 5 nitrogen and oxygen atoms in total. The Morgan fingerprint density at radius 2 is 2.06 bits per heavy atom. The fourth-order valence-corrected chi connectivity index (χ4v) is 2.75. The van der Waals surface area contributed by atoms with Crippen molar-refractivity contribution in [2.75, 3.05) is 31.5 Å². The summed E-state index contributed by atoms with van der Waals surface area (Å²) in [5, 5.41) is 7.73. The maximum absolute atomic E-state index is 11.9. The standard InChI is InChI=1S/C13H20N4O/c18-13-10-12-11(4-3-5-14-12)15-17(13)9-8-16-6-1-2-7-16/h10,14H,1-9H2. The highest BCUT2D eigenvalue weighted by Crippen LogP contribution is 2.16. The Kier molecular flexibility index (Phi) is 3.32. The van der Waals surface area contributed by atoms with Gasteiger partial charge in [0.1, 0.15) is 0 Å². The van der Waals surface area contributed by atoms with E-state index >= 15 is 0 Å². The predicted molar refractivity (Wildman–Crippen MR) is 71.0 cm³/mol. The monoisotopic (exact) mass is 248 g/mol. The van der Waals surface area contributed by atoms with Crippen LogP contribution in [0.5, 0.6) is 0 Å². The lowest BCUT2D eigenvalue weighted by molar-refractivity contribution is 0.311. The number of rotatable bonds is 3. The summed E-state index contributed by atoms with van der Waals surface area (Å²) in [6, 6.07) is 1.70. The molecule has 1 aromatic rings. The highest BCUT2D eigenvalue weighted by Gasteiger charge is 2.14. The smallest absolute Gasteiger partial charge is 0.268 e. The third-order valence-electron chi connectivity index (χ3n) is 3.81. The van der Waals surface area contributed by atoms with E-state index in [9.17, 15) is 4.79 Å². The van der Waals surface area contributed by atoms with E-state index in [1.807, 2.05) is 0 Å². The first-order valence-electron chi connectivity index (χ1n) is 6.90. The van der Waals surface area contributed by atoms with Crippen LogP contribution >= 0.6 is 0 Å². The number of anilines is 1. The van der Waals surface area contributed by atoms with Crippen LogP contribution in [-0.2, 0) is 13.0 Å². The van der Waals surface area contributed by atoms with E-state index in [2.05, 4.69) is 15.3 Å². The summed E-state index contributed by atoms with van der Waals surface area (Å²) in [4.78, 5) is 14.3. The van der Waals surface area contributed by atoms with Crippen molar-refractivity contribution >= 4 is 5.69 Å². The van der Waals surface area contributed by atoms with Crippen LogP contribution in [0.4, 0.5) is 5.69 Å². The average molecular weight is 248 g/mol. The minimum atomic E-state index is 0.0161. The van der Waals surface area contributed by atoms with E-state index in [4.69, 9.17) is 0 Å². The molecule has 98 valence electrons. The summed E-state index contributed by atoms with van der Waals surface area (Å²) < 4.78 is 1.63. The Hall–Kier alpha value is -1.36. The van der Waals surface area contributed by atoms with E-state index in [1.54, 1.807) is 10.7 Å². The highest BCUT2D eigenvalue weighted by molar-refractivity contribution is 5.48. The molecule has 2 aliphatic rings. The van der Waals surface area contributed by atoms with Crippen molar-refractivity contribution in [3.05, 3.63) is 22.1 Å². The number of aryl methyl sites for hydroxylation is 1. The van der Waals surface area contributed by atoms with Crippen molar-refractivity contribution in [2.45, 2.75) is 32.2 Å². The van der Waals surface area contributed by atoms with Crippen LogP contribution in [0, 0.1) is 0 Å². The SMILES string of the molecule is O=c1cc2c(nn1CCN1CCCC1)CCCN2. The summed E-state index contributed by atoms with van der Waals surface area (Å²) in [7, 11) is 0. The summed E-state index contributed by atoms with van der Waals surface area (Å²) >= 11 is 0. The van der Waals surface area contributed by atoms with Gasteiger partial charge < -0.3 is 10.2 Å². The third-order valence-corrected chi connectivity index (χ3v) is 3.81. The first kappa shape index (κ1) is 11.7. The molecule has 1 aromatic heterocycles. The zero-order valence-electron chi connectivity index (χ0n) is 10.7. The summed E-state index contributed by atoms with van der Waals surface area (Å²) in [5.74, 6) is 0. The van der Waals surface area contributed by atoms with Gasteiger partial charge in [-0.2, -0.15) is 5.10 Å². The average Bonchev–Trinajstić information content (AvgIpc) is 2.89. The molecule has 0 bridgehead atoms. The van der Waals surface area contributed by atoms with Crippen molar-refractivity contribution in [1.82, 2.24) is 14.7 Å². The molecular weight excluding hydrogens is 228 g/mol. The zero-order chi connectivity index (χ0) is 12.4. The molecule has 5 heteroatoms. The highest BCUT2D eigenvalue weighted by atomic mass is 16.1.